The lowest BCUT2D eigenvalue weighted by atomic mass is 10.1. The molecule has 0 radical (unpaired) electrons. The van der Waals surface area contributed by atoms with E-state index >= 15 is 0 Å². The number of fused-ring (bicyclic) bond motifs is 1. The monoisotopic (exact) mass is 307 g/mol. The summed E-state index contributed by atoms with van der Waals surface area (Å²) >= 11 is 0. The number of benzene rings is 2. The number of likely N-dealkylation sites (N-methyl/N-ethyl adjacent to an activating group) is 1. The lowest BCUT2D eigenvalue weighted by Gasteiger charge is -2.09. The molecule has 0 aliphatic rings. The topological polar surface area (TPSA) is 29.9 Å². The first kappa shape index (κ1) is 15.8. The largest absolute Gasteiger partial charge is 0.328 e. The van der Waals surface area contributed by atoms with Gasteiger partial charge in [-0.15, -0.1) is 0 Å². The molecule has 0 aliphatic heterocycles. The molecule has 2 aromatic carbocycles. The molecule has 23 heavy (non-hydrogen) atoms. The molecule has 1 heterocycles. The van der Waals surface area contributed by atoms with Crippen LogP contribution in [0, 0.1) is 6.92 Å². The quantitative estimate of drug-likeness (QED) is 0.720. The standard InChI is InChI=1S/C20H25N3/c1-16-10-11-19-18(15-16)22-20(12-13-21-2)23(19)14-6-9-17-7-4-3-5-8-17/h3-5,7-8,10-11,15,21H,6,9,12-14H2,1-2H3. The predicted molar refractivity (Wildman–Crippen MR) is 96.9 cm³/mol. The summed E-state index contributed by atoms with van der Waals surface area (Å²) in [6.07, 6.45) is 3.21. The Morgan fingerprint density at radius 2 is 1.87 bits per heavy atom. The molecule has 0 spiro atoms. The SMILES string of the molecule is CNCCc1nc2cc(C)ccc2n1CCCc1ccccc1. The maximum absolute atomic E-state index is 4.86. The van der Waals surface area contributed by atoms with Crippen LogP contribution in [0.5, 0.6) is 0 Å². The molecule has 3 heteroatoms. The Bertz CT molecular complexity index is 759. The van der Waals surface area contributed by atoms with Crippen molar-refractivity contribution in [3.8, 4) is 0 Å². The van der Waals surface area contributed by atoms with Gasteiger partial charge in [0.25, 0.3) is 0 Å². The van der Waals surface area contributed by atoms with Crippen molar-refractivity contribution in [1.82, 2.24) is 14.9 Å². The van der Waals surface area contributed by atoms with Crippen molar-refractivity contribution < 1.29 is 0 Å². The molecule has 0 fully saturated rings. The highest BCUT2D eigenvalue weighted by Crippen LogP contribution is 2.19. The number of hydrogen-bond donors (Lipinski definition) is 1. The number of rotatable bonds is 7. The third kappa shape index (κ3) is 3.80. The first-order valence-electron chi connectivity index (χ1n) is 8.42. The molecule has 0 atom stereocenters. The van der Waals surface area contributed by atoms with Crippen LogP contribution in [0.15, 0.2) is 48.5 Å². The van der Waals surface area contributed by atoms with Crippen LogP contribution in [0.4, 0.5) is 0 Å². The van der Waals surface area contributed by atoms with Gasteiger partial charge in [-0.25, -0.2) is 4.98 Å². The average Bonchev–Trinajstić information content (AvgIpc) is 2.90. The molecule has 1 N–H and O–H groups in total. The summed E-state index contributed by atoms with van der Waals surface area (Å²) in [6, 6.07) is 17.3. The van der Waals surface area contributed by atoms with Gasteiger partial charge in [0.1, 0.15) is 5.82 Å². The minimum Gasteiger partial charge on any atom is -0.328 e. The van der Waals surface area contributed by atoms with Gasteiger partial charge in [0, 0.05) is 19.5 Å². The summed E-state index contributed by atoms with van der Waals surface area (Å²) in [5.41, 5.74) is 5.06. The van der Waals surface area contributed by atoms with Crippen LogP contribution < -0.4 is 5.32 Å². The van der Waals surface area contributed by atoms with Gasteiger partial charge >= 0.3 is 0 Å². The van der Waals surface area contributed by atoms with Crippen molar-refractivity contribution in [2.75, 3.05) is 13.6 Å². The summed E-state index contributed by atoms with van der Waals surface area (Å²) in [5.74, 6) is 1.19. The van der Waals surface area contributed by atoms with Gasteiger partial charge in [0.05, 0.1) is 11.0 Å². The zero-order valence-corrected chi connectivity index (χ0v) is 14.0. The minimum absolute atomic E-state index is 0.959. The Morgan fingerprint density at radius 3 is 2.65 bits per heavy atom. The van der Waals surface area contributed by atoms with Crippen LogP contribution in [-0.2, 0) is 19.4 Å². The molecule has 1 aromatic heterocycles. The van der Waals surface area contributed by atoms with E-state index in [1.165, 1.54) is 22.5 Å². The lowest BCUT2D eigenvalue weighted by molar-refractivity contribution is 0.614. The number of hydrogen-bond acceptors (Lipinski definition) is 2. The number of imidazole rings is 1. The second-order valence-electron chi connectivity index (χ2n) is 6.11. The molecule has 0 aliphatic carbocycles. The first-order valence-corrected chi connectivity index (χ1v) is 8.42. The normalized spacial score (nSPS) is 11.2. The molecule has 0 unspecified atom stereocenters. The van der Waals surface area contributed by atoms with E-state index < -0.39 is 0 Å². The molecule has 120 valence electrons. The van der Waals surface area contributed by atoms with Crippen LogP contribution in [-0.4, -0.2) is 23.1 Å². The zero-order chi connectivity index (χ0) is 16.1. The van der Waals surface area contributed by atoms with E-state index in [9.17, 15) is 0 Å². The van der Waals surface area contributed by atoms with Crippen molar-refractivity contribution >= 4 is 11.0 Å². The Labute approximate surface area is 138 Å². The number of nitrogens with zero attached hydrogens (tertiary/aromatic N) is 2. The molecule has 3 nitrogen and oxygen atoms in total. The van der Waals surface area contributed by atoms with E-state index in [-0.39, 0.29) is 0 Å². The van der Waals surface area contributed by atoms with Crippen LogP contribution in [0.3, 0.4) is 0 Å². The fourth-order valence-corrected chi connectivity index (χ4v) is 3.05. The molecule has 0 saturated heterocycles. The second kappa shape index (κ2) is 7.42. The summed E-state index contributed by atoms with van der Waals surface area (Å²) in [4.78, 5) is 4.86. The van der Waals surface area contributed by atoms with E-state index in [4.69, 9.17) is 4.98 Å². The van der Waals surface area contributed by atoms with Gasteiger partial charge in [0.15, 0.2) is 0 Å². The number of nitrogens with one attached hydrogen (secondary N) is 1. The van der Waals surface area contributed by atoms with Gasteiger partial charge in [0.2, 0.25) is 0 Å². The van der Waals surface area contributed by atoms with Crippen molar-refractivity contribution in [3.63, 3.8) is 0 Å². The predicted octanol–water partition coefficient (Wildman–Crippen LogP) is 3.74. The number of aromatic nitrogens is 2. The summed E-state index contributed by atoms with van der Waals surface area (Å²) in [6.45, 7) is 4.11. The van der Waals surface area contributed by atoms with Crippen molar-refractivity contribution in [2.24, 2.45) is 0 Å². The Kier molecular flexibility index (Phi) is 5.09. The fraction of sp³-hybridized carbons (Fsp3) is 0.350. The van der Waals surface area contributed by atoms with Gasteiger partial charge in [-0.05, 0) is 50.1 Å². The maximum Gasteiger partial charge on any atom is 0.111 e. The van der Waals surface area contributed by atoms with Crippen LogP contribution >= 0.6 is 0 Å². The fourth-order valence-electron chi connectivity index (χ4n) is 3.05. The lowest BCUT2D eigenvalue weighted by Crippen LogP contribution is -2.14. The summed E-state index contributed by atoms with van der Waals surface area (Å²) < 4.78 is 2.40. The van der Waals surface area contributed by atoms with Crippen LogP contribution in [0.2, 0.25) is 0 Å². The average molecular weight is 307 g/mol. The van der Waals surface area contributed by atoms with E-state index in [0.29, 0.717) is 0 Å². The summed E-state index contributed by atoms with van der Waals surface area (Å²) in [5, 5.41) is 3.23. The van der Waals surface area contributed by atoms with E-state index in [0.717, 1.165) is 37.9 Å². The molecular weight excluding hydrogens is 282 g/mol. The Balaban J connectivity index is 1.79. The van der Waals surface area contributed by atoms with Gasteiger partial charge in [-0.3, -0.25) is 0 Å². The maximum atomic E-state index is 4.86. The first-order chi connectivity index (χ1) is 11.3. The highest BCUT2D eigenvalue weighted by Gasteiger charge is 2.10. The van der Waals surface area contributed by atoms with Crippen LogP contribution in [0.25, 0.3) is 11.0 Å². The molecule has 0 bridgehead atoms. The smallest absolute Gasteiger partial charge is 0.111 e. The van der Waals surface area contributed by atoms with Crippen molar-refractivity contribution in [2.45, 2.75) is 32.7 Å². The highest BCUT2D eigenvalue weighted by atomic mass is 15.1. The van der Waals surface area contributed by atoms with Crippen LogP contribution in [0.1, 0.15) is 23.4 Å². The number of aryl methyl sites for hydroxylation is 3. The van der Waals surface area contributed by atoms with E-state index in [1.807, 2.05) is 7.05 Å². The Morgan fingerprint density at radius 1 is 1.04 bits per heavy atom. The Hall–Kier alpha value is -2.13. The molecule has 0 saturated carbocycles. The van der Waals surface area contributed by atoms with Gasteiger partial charge in [-0.1, -0.05) is 36.4 Å². The van der Waals surface area contributed by atoms with Gasteiger partial charge in [-0.2, -0.15) is 0 Å². The van der Waals surface area contributed by atoms with Gasteiger partial charge < -0.3 is 9.88 Å². The van der Waals surface area contributed by atoms with Crippen molar-refractivity contribution in [1.29, 1.82) is 0 Å². The minimum atomic E-state index is 0.959. The molecular formula is C20H25N3. The molecule has 0 amide bonds. The highest BCUT2D eigenvalue weighted by molar-refractivity contribution is 5.76. The van der Waals surface area contributed by atoms with E-state index in [2.05, 4.69) is 65.3 Å². The summed E-state index contributed by atoms with van der Waals surface area (Å²) in [7, 11) is 1.99. The molecule has 3 rings (SSSR count). The molecule has 3 aromatic rings. The van der Waals surface area contributed by atoms with E-state index in [1.54, 1.807) is 0 Å². The third-order valence-corrected chi connectivity index (χ3v) is 4.27. The van der Waals surface area contributed by atoms with Crippen molar-refractivity contribution in [3.05, 3.63) is 65.5 Å². The third-order valence-electron chi connectivity index (χ3n) is 4.27. The second-order valence-corrected chi connectivity index (χ2v) is 6.11. The zero-order valence-electron chi connectivity index (χ0n) is 14.0.